The van der Waals surface area contributed by atoms with Gasteiger partial charge in [-0.05, 0) is 24.3 Å². The second-order valence-corrected chi connectivity index (χ2v) is 7.14. The fourth-order valence-electron chi connectivity index (χ4n) is 2.77. The van der Waals surface area contributed by atoms with Crippen LogP contribution < -0.4 is 5.56 Å². The number of halogens is 4. The first-order valence-electron chi connectivity index (χ1n) is 8.64. The van der Waals surface area contributed by atoms with E-state index >= 15 is 0 Å². The average Bonchev–Trinajstić information content (AvgIpc) is 3.18. The molecule has 0 atom stereocenters. The third kappa shape index (κ3) is 4.18. The van der Waals surface area contributed by atoms with Gasteiger partial charge in [0.05, 0.1) is 11.3 Å². The normalized spacial score (nSPS) is 11.6. The van der Waals surface area contributed by atoms with Crippen LogP contribution in [0.3, 0.4) is 0 Å². The number of aromatic nitrogens is 4. The Morgan fingerprint density at radius 3 is 2.60 bits per heavy atom. The van der Waals surface area contributed by atoms with Crippen LogP contribution in [0.15, 0.2) is 74.5 Å². The van der Waals surface area contributed by atoms with E-state index in [1.165, 1.54) is 18.2 Å². The summed E-state index contributed by atoms with van der Waals surface area (Å²) in [4.78, 5) is 16.3. The van der Waals surface area contributed by atoms with E-state index in [0.29, 0.717) is 5.69 Å². The maximum Gasteiger partial charge on any atom is 0.416 e. The topological polar surface area (TPSA) is 73.8 Å². The van der Waals surface area contributed by atoms with Gasteiger partial charge in [-0.15, -0.1) is 0 Å². The molecule has 30 heavy (non-hydrogen) atoms. The van der Waals surface area contributed by atoms with E-state index in [1.807, 2.05) is 24.3 Å². The van der Waals surface area contributed by atoms with Gasteiger partial charge >= 0.3 is 6.18 Å². The van der Waals surface area contributed by atoms with Crippen molar-refractivity contribution < 1.29 is 17.7 Å². The quantitative estimate of drug-likeness (QED) is 0.423. The first-order chi connectivity index (χ1) is 14.3. The molecule has 0 aliphatic rings. The fraction of sp³-hybridized carbons (Fsp3) is 0.100. The van der Waals surface area contributed by atoms with E-state index in [1.54, 1.807) is 6.07 Å². The SMILES string of the molecule is O=c1ccc(-c2ccccc2Br)nn1Cc1nc(-c2cccc(C(F)(F)F)c2)no1. The summed E-state index contributed by atoms with van der Waals surface area (Å²) in [5.74, 6) is 0.0346. The van der Waals surface area contributed by atoms with Crippen molar-refractivity contribution >= 4 is 15.9 Å². The van der Waals surface area contributed by atoms with Gasteiger partial charge in [0.25, 0.3) is 5.56 Å². The van der Waals surface area contributed by atoms with Gasteiger partial charge in [-0.3, -0.25) is 4.79 Å². The molecule has 0 N–H and O–H groups in total. The minimum absolute atomic E-state index is 0.00823. The van der Waals surface area contributed by atoms with Crippen molar-refractivity contribution in [1.29, 1.82) is 0 Å². The Labute approximate surface area is 176 Å². The Morgan fingerprint density at radius 2 is 1.83 bits per heavy atom. The summed E-state index contributed by atoms with van der Waals surface area (Å²) in [7, 11) is 0. The van der Waals surface area contributed by atoms with Gasteiger partial charge in [-0.2, -0.15) is 23.3 Å². The smallest absolute Gasteiger partial charge is 0.337 e. The maximum atomic E-state index is 12.9. The molecular formula is C20H12BrF3N4O2. The maximum absolute atomic E-state index is 12.9. The molecule has 10 heteroatoms. The lowest BCUT2D eigenvalue weighted by Gasteiger charge is -2.07. The molecule has 0 radical (unpaired) electrons. The highest BCUT2D eigenvalue weighted by Gasteiger charge is 2.30. The van der Waals surface area contributed by atoms with Gasteiger partial charge in [0.1, 0.15) is 6.54 Å². The number of benzene rings is 2. The largest absolute Gasteiger partial charge is 0.416 e. The molecule has 4 rings (SSSR count). The summed E-state index contributed by atoms with van der Waals surface area (Å²) in [6.07, 6.45) is -4.48. The lowest BCUT2D eigenvalue weighted by atomic mass is 10.1. The minimum atomic E-state index is -4.48. The molecule has 0 fully saturated rings. The van der Waals surface area contributed by atoms with Gasteiger partial charge in [0.15, 0.2) is 0 Å². The lowest BCUT2D eigenvalue weighted by molar-refractivity contribution is -0.137. The molecule has 2 aromatic heterocycles. The summed E-state index contributed by atoms with van der Waals surface area (Å²) >= 11 is 3.44. The molecule has 6 nitrogen and oxygen atoms in total. The van der Waals surface area contributed by atoms with Crippen molar-refractivity contribution in [3.8, 4) is 22.6 Å². The average molecular weight is 477 g/mol. The van der Waals surface area contributed by atoms with Gasteiger partial charge in [-0.1, -0.05) is 51.4 Å². The predicted molar refractivity (Wildman–Crippen MR) is 105 cm³/mol. The minimum Gasteiger partial charge on any atom is -0.337 e. The van der Waals surface area contributed by atoms with Crippen molar-refractivity contribution in [1.82, 2.24) is 19.9 Å². The molecule has 0 aliphatic heterocycles. The molecule has 0 saturated heterocycles. The van der Waals surface area contributed by atoms with E-state index in [4.69, 9.17) is 4.52 Å². The van der Waals surface area contributed by atoms with Crippen LogP contribution in [0, 0.1) is 0 Å². The van der Waals surface area contributed by atoms with Crippen LogP contribution in [0.2, 0.25) is 0 Å². The summed E-state index contributed by atoms with van der Waals surface area (Å²) in [5.41, 5.74) is 0.304. The Hall–Kier alpha value is -3.27. The van der Waals surface area contributed by atoms with E-state index in [9.17, 15) is 18.0 Å². The second kappa shape index (κ2) is 7.86. The third-order valence-corrected chi connectivity index (χ3v) is 4.91. The van der Waals surface area contributed by atoms with Crippen molar-refractivity contribution in [2.24, 2.45) is 0 Å². The first-order valence-corrected chi connectivity index (χ1v) is 9.44. The Balaban J connectivity index is 1.63. The number of hydrogen-bond acceptors (Lipinski definition) is 5. The van der Waals surface area contributed by atoms with E-state index < -0.39 is 11.7 Å². The second-order valence-electron chi connectivity index (χ2n) is 6.28. The highest BCUT2D eigenvalue weighted by atomic mass is 79.9. The third-order valence-electron chi connectivity index (χ3n) is 4.22. The van der Waals surface area contributed by atoms with Gasteiger partial charge in [-0.25, -0.2) is 4.68 Å². The Bertz CT molecular complexity index is 1270. The highest BCUT2D eigenvalue weighted by Crippen LogP contribution is 2.31. The van der Waals surface area contributed by atoms with Gasteiger partial charge in [0.2, 0.25) is 11.7 Å². The number of hydrogen-bond donors (Lipinski definition) is 0. The van der Waals surface area contributed by atoms with Crippen molar-refractivity contribution in [2.75, 3.05) is 0 Å². The number of alkyl halides is 3. The molecule has 0 saturated carbocycles. The van der Waals surface area contributed by atoms with Crippen molar-refractivity contribution in [2.45, 2.75) is 12.7 Å². The molecule has 0 bridgehead atoms. The zero-order valence-electron chi connectivity index (χ0n) is 15.1. The zero-order valence-corrected chi connectivity index (χ0v) is 16.7. The highest BCUT2D eigenvalue weighted by molar-refractivity contribution is 9.10. The number of nitrogens with zero attached hydrogens (tertiary/aromatic N) is 4. The van der Waals surface area contributed by atoms with Crippen LogP contribution in [0.1, 0.15) is 11.5 Å². The molecule has 2 aromatic carbocycles. The molecule has 152 valence electrons. The fourth-order valence-corrected chi connectivity index (χ4v) is 3.26. The van der Waals surface area contributed by atoms with E-state index in [-0.39, 0.29) is 29.4 Å². The van der Waals surface area contributed by atoms with Crippen LogP contribution in [0.25, 0.3) is 22.6 Å². The zero-order chi connectivity index (χ0) is 21.3. The van der Waals surface area contributed by atoms with Crippen LogP contribution in [0.5, 0.6) is 0 Å². The van der Waals surface area contributed by atoms with Gasteiger partial charge in [0, 0.05) is 21.7 Å². The first kappa shape index (κ1) is 20.0. The molecule has 2 heterocycles. The monoisotopic (exact) mass is 476 g/mol. The molecule has 0 aliphatic carbocycles. The van der Waals surface area contributed by atoms with Crippen molar-refractivity contribution in [3.63, 3.8) is 0 Å². The predicted octanol–water partition coefficient (Wildman–Crippen LogP) is 4.79. The van der Waals surface area contributed by atoms with E-state index in [2.05, 4.69) is 31.2 Å². The molecule has 0 spiro atoms. The summed E-state index contributed by atoms with van der Waals surface area (Å²) in [5, 5.41) is 8.05. The summed E-state index contributed by atoms with van der Waals surface area (Å²) in [6, 6.07) is 15.0. The summed E-state index contributed by atoms with van der Waals surface area (Å²) in [6.45, 7) is -0.122. The standard InChI is InChI=1S/C20H12BrF3N4O2/c21-15-7-2-1-6-14(15)16-8-9-18(29)28(26-16)11-17-25-19(27-30-17)12-4-3-5-13(10-12)20(22,23)24/h1-10H,11H2. The van der Waals surface area contributed by atoms with Crippen LogP contribution >= 0.6 is 15.9 Å². The van der Waals surface area contributed by atoms with Crippen LogP contribution in [0.4, 0.5) is 13.2 Å². The van der Waals surface area contributed by atoms with Crippen LogP contribution in [-0.4, -0.2) is 19.9 Å². The molecule has 4 aromatic rings. The molecular weight excluding hydrogens is 465 g/mol. The Morgan fingerprint density at radius 1 is 1.03 bits per heavy atom. The van der Waals surface area contributed by atoms with Crippen molar-refractivity contribution in [3.05, 3.63) is 86.9 Å². The van der Waals surface area contributed by atoms with E-state index in [0.717, 1.165) is 26.9 Å². The molecule has 0 unspecified atom stereocenters. The molecule has 0 amide bonds. The van der Waals surface area contributed by atoms with Crippen LogP contribution in [-0.2, 0) is 12.7 Å². The Kier molecular flexibility index (Phi) is 5.25. The lowest BCUT2D eigenvalue weighted by Crippen LogP contribution is -2.23. The number of rotatable bonds is 4. The van der Waals surface area contributed by atoms with Gasteiger partial charge < -0.3 is 4.52 Å². The summed E-state index contributed by atoms with van der Waals surface area (Å²) < 4.78 is 45.8.